The van der Waals surface area contributed by atoms with Crippen LogP contribution in [0.1, 0.15) is 52.0 Å². The Balaban J connectivity index is 2.29. The molecule has 0 spiro atoms. The molecule has 1 aromatic carbocycles. The molecule has 0 aliphatic carbocycles. The van der Waals surface area contributed by atoms with Crippen LogP contribution in [0.25, 0.3) is 0 Å². The first kappa shape index (κ1) is 16.5. The van der Waals surface area contributed by atoms with Crippen molar-refractivity contribution in [1.82, 2.24) is 5.32 Å². The molecule has 1 N–H and O–H groups in total. The zero-order valence-corrected chi connectivity index (χ0v) is 13.1. The van der Waals surface area contributed by atoms with Crippen molar-refractivity contribution in [2.75, 3.05) is 13.2 Å². The van der Waals surface area contributed by atoms with Crippen molar-refractivity contribution >= 4 is 5.91 Å². The van der Waals surface area contributed by atoms with Gasteiger partial charge in [0, 0.05) is 5.92 Å². The molecule has 0 bridgehead atoms. The van der Waals surface area contributed by atoms with E-state index in [-0.39, 0.29) is 11.8 Å². The summed E-state index contributed by atoms with van der Waals surface area (Å²) in [6, 6.07) is 8.14. The van der Waals surface area contributed by atoms with Gasteiger partial charge in [0.15, 0.2) is 0 Å². The highest BCUT2D eigenvalue weighted by atomic mass is 16.5. The number of benzene rings is 1. The topological polar surface area (TPSA) is 38.3 Å². The molecule has 0 aromatic heterocycles. The van der Waals surface area contributed by atoms with Gasteiger partial charge >= 0.3 is 0 Å². The molecule has 0 aliphatic heterocycles. The first-order valence-corrected chi connectivity index (χ1v) is 7.58. The molecule has 0 aliphatic rings. The normalized spacial score (nSPS) is 10.9. The van der Waals surface area contributed by atoms with Crippen LogP contribution in [0.4, 0.5) is 0 Å². The third-order valence-electron chi connectivity index (χ3n) is 3.57. The standard InChI is InChI=1S/C17H27NO2/c1-5-14(6-2)17(19)18-11-12-20-16-9-7-15(8-10-16)13(3)4/h7-10,13-14H,5-6,11-12H2,1-4H3,(H,18,19). The van der Waals surface area contributed by atoms with Crippen LogP contribution in [-0.4, -0.2) is 19.1 Å². The second-order valence-electron chi connectivity index (χ2n) is 5.38. The third kappa shape index (κ3) is 5.24. The Morgan fingerprint density at radius 3 is 2.25 bits per heavy atom. The summed E-state index contributed by atoms with van der Waals surface area (Å²) in [5.74, 6) is 1.64. The van der Waals surface area contributed by atoms with Gasteiger partial charge in [0.05, 0.1) is 6.54 Å². The van der Waals surface area contributed by atoms with Crippen LogP contribution in [0.15, 0.2) is 24.3 Å². The van der Waals surface area contributed by atoms with E-state index in [0.717, 1.165) is 18.6 Å². The van der Waals surface area contributed by atoms with Gasteiger partial charge in [-0.25, -0.2) is 0 Å². The third-order valence-corrected chi connectivity index (χ3v) is 3.57. The average molecular weight is 277 g/mol. The largest absolute Gasteiger partial charge is 0.492 e. The summed E-state index contributed by atoms with van der Waals surface area (Å²) in [6.07, 6.45) is 1.78. The highest BCUT2D eigenvalue weighted by molar-refractivity contribution is 5.78. The van der Waals surface area contributed by atoms with E-state index in [1.54, 1.807) is 0 Å². The van der Waals surface area contributed by atoms with Crippen LogP contribution in [-0.2, 0) is 4.79 Å². The fourth-order valence-corrected chi connectivity index (χ4v) is 2.10. The van der Waals surface area contributed by atoms with E-state index in [4.69, 9.17) is 4.74 Å². The maximum absolute atomic E-state index is 11.8. The van der Waals surface area contributed by atoms with Crippen molar-refractivity contribution in [1.29, 1.82) is 0 Å². The van der Waals surface area contributed by atoms with Crippen molar-refractivity contribution in [2.24, 2.45) is 5.92 Å². The Morgan fingerprint density at radius 1 is 1.15 bits per heavy atom. The molecular formula is C17H27NO2. The lowest BCUT2D eigenvalue weighted by atomic mass is 10.0. The molecule has 0 atom stereocenters. The molecular weight excluding hydrogens is 250 g/mol. The smallest absolute Gasteiger partial charge is 0.223 e. The summed E-state index contributed by atoms with van der Waals surface area (Å²) in [5, 5.41) is 2.92. The predicted molar refractivity (Wildman–Crippen MR) is 83.1 cm³/mol. The predicted octanol–water partition coefficient (Wildman–Crippen LogP) is 3.74. The van der Waals surface area contributed by atoms with Gasteiger partial charge in [-0.05, 0) is 36.5 Å². The van der Waals surface area contributed by atoms with E-state index >= 15 is 0 Å². The van der Waals surface area contributed by atoms with Gasteiger partial charge in [0.1, 0.15) is 12.4 Å². The summed E-state index contributed by atoms with van der Waals surface area (Å²) in [7, 11) is 0. The summed E-state index contributed by atoms with van der Waals surface area (Å²) in [5.41, 5.74) is 1.30. The van der Waals surface area contributed by atoms with Gasteiger partial charge in [-0.1, -0.05) is 39.8 Å². The lowest BCUT2D eigenvalue weighted by Gasteiger charge is -2.13. The maximum atomic E-state index is 11.8. The highest BCUT2D eigenvalue weighted by Gasteiger charge is 2.12. The van der Waals surface area contributed by atoms with Crippen LogP contribution in [0.2, 0.25) is 0 Å². The number of nitrogens with one attached hydrogen (secondary N) is 1. The van der Waals surface area contributed by atoms with Gasteiger partial charge in [-0.3, -0.25) is 4.79 Å². The minimum Gasteiger partial charge on any atom is -0.492 e. The minimum atomic E-state index is 0.125. The molecule has 0 radical (unpaired) electrons. The molecule has 1 amide bonds. The van der Waals surface area contributed by atoms with Crippen molar-refractivity contribution in [3.05, 3.63) is 29.8 Å². The summed E-state index contributed by atoms with van der Waals surface area (Å²) in [6.45, 7) is 9.49. The molecule has 112 valence electrons. The molecule has 0 heterocycles. The zero-order valence-electron chi connectivity index (χ0n) is 13.1. The first-order chi connectivity index (χ1) is 9.58. The van der Waals surface area contributed by atoms with Crippen molar-refractivity contribution < 1.29 is 9.53 Å². The molecule has 20 heavy (non-hydrogen) atoms. The van der Waals surface area contributed by atoms with Crippen molar-refractivity contribution in [3.8, 4) is 5.75 Å². The molecule has 3 nitrogen and oxygen atoms in total. The number of ether oxygens (including phenoxy) is 1. The lowest BCUT2D eigenvalue weighted by molar-refractivity contribution is -0.125. The summed E-state index contributed by atoms with van der Waals surface area (Å²) >= 11 is 0. The van der Waals surface area contributed by atoms with E-state index in [1.165, 1.54) is 5.56 Å². The van der Waals surface area contributed by atoms with E-state index in [1.807, 2.05) is 26.0 Å². The number of hydrogen-bond donors (Lipinski definition) is 1. The Labute approximate surface area is 122 Å². The quantitative estimate of drug-likeness (QED) is 0.735. The fourth-order valence-electron chi connectivity index (χ4n) is 2.10. The van der Waals surface area contributed by atoms with Crippen molar-refractivity contribution in [3.63, 3.8) is 0 Å². The van der Waals surface area contributed by atoms with Crippen LogP contribution in [0.5, 0.6) is 5.75 Å². The summed E-state index contributed by atoms with van der Waals surface area (Å²) in [4.78, 5) is 11.8. The van der Waals surface area contributed by atoms with Gasteiger partial charge < -0.3 is 10.1 Å². The molecule has 0 unspecified atom stereocenters. The van der Waals surface area contributed by atoms with Crippen LogP contribution in [0, 0.1) is 5.92 Å². The molecule has 1 aromatic rings. The fraction of sp³-hybridized carbons (Fsp3) is 0.588. The van der Waals surface area contributed by atoms with Crippen LogP contribution >= 0.6 is 0 Å². The van der Waals surface area contributed by atoms with Gasteiger partial charge in [0.2, 0.25) is 5.91 Å². The average Bonchev–Trinajstić information content (AvgIpc) is 2.45. The number of carbonyl (C=O) groups is 1. The Kier molecular flexibility index (Phi) is 7.13. The molecule has 1 rings (SSSR count). The van der Waals surface area contributed by atoms with Crippen LogP contribution < -0.4 is 10.1 Å². The van der Waals surface area contributed by atoms with Crippen molar-refractivity contribution in [2.45, 2.75) is 46.5 Å². The lowest BCUT2D eigenvalue weighted by Crippen LogP contribution is -2.33. The number of carbonyl (C=O) groups excluding carboxylic acids is 1. The molecule has 0 saturated carbocycles. The second kappa shape index (κ2) is 8.62. The Bertz CT molecular complexity index is 394. The molecule has 0 fully saturated rings. The van der Waals surface area contributed by atoms with E-state index in [9.17, 15) is 4.79 Å². The van der Waals surface area contributed by atoms with E-state index < -0.39 is 0 Å². The Morgan fingerprint density at radius 2 is 1.75 bits per heavy atom. The van der Waals surface area contributed by atoms with Crippen LogP contribution in [0.3, 0.4) is 0 Å². The summed E-state index contributed by atoms with van der Waals surface area (Å²) < 4.78 is 5.62. The molecule has 0 saturated heterocycles. The molecule has 3 heteroatoms. The van der Waals surface area contributed by atoms with E-state index in [0.29, 0.717) is 19.1 Å². The maximum Gasteiger partial charge on any atom is 0.223 e. The SMILES string of the molecule is CCC(CC)C(=O)NCCOc1ccc(C(C)C)cc1. The minimum absolute atomic E-state index is 0.125. The zero-order chi connectivity index (χ0) is 15.0. The highest BCUT2D eigenvalue weighted by Crippen LogP contribution is 2.18. The second-order valence-corrected chi connectivity index (χ2v) is 5.38. The van der Waals surface area contributed by atoms with Gasteiger partial charge in [0.25, 0.3) is 0 Å². The number of amides is 1. The van der Waals surface area contributed by atoms with Gasteiger partial charge in [-0.2, -0.15) is 0 Å². The first-order valence-electron chi connectivity index (χ1n) is 7.58. The number of rotatable bonds is 8. The monoisotopic (exact) mass is 277 g/mol. The Hall–Kier alpha value is -1.51. The van der Waals surface area contributed by atoms with E-state index in [2.05, 4.69) is 31.3 Å². The number of hydrogen-bond acceptors (Lipinski definition) is 2. The van der Waals surface area contributed by atoms with Gasteiger partial charge in [-0.15, -0.1) is 0 Å².